The lowest BCUT2D eigenvalue weighted by molar-refractivity contribution is 0.0752. The maximum Gasteiger partial charge on any atom is 0.254 e. The zero-order chi connectivity index (χ0) is 12.4. The van der Waals surface area contributed by atoms with Gasteiger partial charge in [-0.3, -0.25) is 4.79 Å². The minimum absolute atomic E-state index is 0.110. The molecule has 4 heteroatoms. The Morgan fingerprint density at radius 3 is 2.71 bits per heavy atom. The molecular formula is C13H16BrNO2. The fourth-order valence-corrected chi connectivity index (χ4v) is 2.46. The standard InChI is InChI=1S/C13H16BrNO2/c1-3-15(10-5-6-10)13(16)9-4-7-12(17-2)11(14)8-9/h4,7-8,10H,3,5-6H2,1-2H3. The Morgan fingerprint density at radius 1 is 1.53 bits per heavy atom. The van der Waals surface area contributed by atoms with E-state index < -0.39 is 0 Å². The lowest BCUT2D eigenvalue weighted by Crippen LogP contribution is -2.32. The van der Waals surface area contributed by atoms with Gasteiger partial charge in [0.25, 0.3) is 5.91 Å². The summed E-state index contributed by atoms with van der Waals surface area (Å²) in [5.74, 6) is 0.856. The minimum atomic E-state index is 0.110. The summed E-state index contributed by atoms with van der Waals surface area (Å²) in [7, 11) is 1.62. The van der Waals surface area contributed by atoms with Crippen molar-refractivity contribution < 1.29 is 9.53 Å². The highest BCUT2D eigenvalue weighted by Gasteiger charge is 2.31. The summed E-state index contributed by atoms with van der Waals surface area (Å²) in [5.41, 5.74) is 0.714. The van der Waals surface area contributed by atoms with Crippen LogP contribution in [0.4, 0.5) is 0 Å². The molecule has 2 rings (SSSR count). The molecule has 0 saturated heterocycles. The molecule has 1 amide bonds. The number of amides is 1. The summed E-state index contributed by atoms with van der Waals surface area (Å²) in [6.07, 6.45) is 2.27. The van der Waals surface area contributed by atoms with Crippen LogP contribution in [0.5, 0.6) is 5.75 Å². The van der Waals surface area contributed by atoms with Gasteiger partial charge in [-0.15, -0.1) is 0 Å². The molecule has 3 nitrogen and oxygen atoms in total. The number of halogens is 1. The van der Waals surface area contributed by atoms with Gasteiger partial charge in [0.15, 0.2) is 0 Å². The van der Waals surface area contributed by atoms with Crippen LogP contribution in [0.25, 0.3) is 0 Å². The summed E-state index contributed by atoms with van der Waals surface area (Å²) < 4.78 is 5.97. The van der Waals surface area contributed by atoms with Gasteiger partial charge in [0.05, 0.1) is 11.6 Å². The molecule has 1 saturated carbocycles. The molecule has 0 radical (unpaired) electrons. The second-order valence-corrected chi connectivity index (χ2v) is 5.03. The van der Waals surface area contributed by atoms with Crippen LogP contribution in [0.15, 0.2) is 22.7 Å². The number of rotatable bonds is 4. The van der Waals surface area contributed by atoms with Gasteiger partial charge in [-0.25, -0.2) is 0 Å². The summed E-state index contributed by atoms with van der Waals surface area (Å²) in [4.78, 5) is 14.2. The minimum Gasteiger partial charge on any atom is -0.496 e. The highest BCUT2D eigenvalue weighted by molar-refractivity contribution is 9.10. The summed E-state index contributed by atoms with van der Waals surface area (Å²) in [6, 6.07) is 5.91. The van der Waals surface area contributed by atoms with E-state index in [9.17, 15) is 4.79 Å². The van der Waals surface area contributed by atoms with E-state index in [-0.39, 0.29) is 5.91 Å². The fourth-order valence-electron chi connectivity index (χ4n) is 1.92. The van der Waals surface area contributed by atoms with Crippen LogP contribution in [-0.4, -0.2) is 30.5 Å². The van der Waals surface area contributed by atoms with Gasteiger partial charge in [0.2, 0.25) is 0 Å². The molecule has 0 bridgehead atoms. The molecule has 92 valence electrons. The highest BCUT2D eigenvalue weighted by atomic mass is 79.9. The molecule has 0 spiro atoms. The van der Waals surface area contributed by atoms with Gasteiger partial charge in [-0.1, -0.05) is 0 Å². The van der Waals surface area contributed by atoms with Crippen molar-refractivity contribution in [1.29, 1.82) is 0 Å². The molecule has 0 unspecified atom stereocenters. The summed E-state index contributed by atoms with van der Waals surface area (Å²) in [6.45, 7) is 2.79. The van der Waals surface area contributed by atoms with Gasteiger partial charge in [0.1, 0.15) is 5.75 Å². The van der Waals surface area contributed by atoms with Gasteiger partial charge < -0.3 is 9.64 Å². The zero-order valence-corrected chi connectivity index (χ0v) is 11.7. The Bertz CT molecular complexity index is 429. The predicted octanol–water partition coefficient (Wildman–Crippen LogP) is 3.08. The Balaban J connectivity index is 2.21. The second-order valence-electron chi connectivity index (χ2n) is 4.17. The van der Waals surface area contributed by atoms with Crippen molar-refractivity contribution in [2.24, 2.45) is 0 Å². The van der Waals surface area contributed by atoms with Gasteiger partial charge in [0, 0.05) is 18.2 Å². The van der Waals surface area contributed by atoms with Crippen LogP contribution in [0, 0.1) is 0 Å². The molecule has 1 fully saturated rings. The Hall–Kier alpha value is -1.03. The van der Waals surface area contributed by atoms with Crippen LogP contribution >= 0.6 is 15.9 Å². The number of ether oxygens (including phenoxy) is 1. The third kappa shape index (κ3) is 2.63. The van der Waals surface area contributed by atoms with Crippen LogP contribution in [0.2, 0.25) is 0 Å². The number of benzene rings is 1. The van der Waals surface area contributed by atoms with E-state index in [4.69, 9.17) is 4.74 Å². The third-order valence-electron chi connectivity index (χ3n) is 2.99. The molecule has 0 atom stereocenters. The van der Waals surface area contributed by atoms with E-state index in [1.54, 1.807) is 7.11 Å². The number of carbonyl (C=O) groups excluding carboxylic acids is 1. The van der Waals surface area contributed by atoms with Crippen molar-refractivity contribution in [1.82, 2.24) is 4.90 Å². The molecule has 17 heavy (non-hydrogen) atoms. The van der Waals surface area contributed by atoms with E-state index in [0.29, 0.717) is 11.6 Å². The Kier molecular flexibility index (Phi) is 3.72. The smallest absolute Gasteiger partial charge is 0.254 e. The van der Waals surface area contributed by atoms with E-state index >= 15 is 0 Å². The van der Waals surface area contributed by atoms with E-state index in [2.05, 4.69) is 15.9 Å². The monoisotopic (exact) mass is 297 g/mol. The third-order valence-corrected chi connectivity index (χ3v) is 3.61. The summed E-state index contributed by atoms with van der Waals surface area (Å²) >= 11 is 3.40. The van der Waals surface area contributed by atoms with E-state index in [1.807, 2.05) is 30.0 Å². The van der Waals surface area contributed by atoms with E-state index in [0.717, 1.165) is 29.6 Å². The van der Waals surface area contributed by atoms with Crippen molar-refractivity contribution in [3.8, 4) is 5.75 Å². The molecule has 1 aromatic carbocycles. The Labute approximate surface area is 110 Å². The number of hydrogen-bond acceptors (Lipinski definition) is 2. The molecule has 1 aliphatic rings. The number of carbonyl (C=O) groups is 1. The van der Waals surface area contributed by atoms with Crippen molar-refractivity contribution in [2.75, 3.05) is 13.7 Å². The van der Waals surface area contributed by atoms with Crippen LogP contribution in [0.3, 0.4) is 0 Å². The summed E-state index contributed by atoms with van der Waals surface area (Å²) in [5, 5.41) is 0. The first-order valence-electron chi connectivity index (χ1n) is 5.82. The Morgan fingerprint density at radius 2 is 2.24 bits per heavy atom. The quantitative estimate of drug-likeness (QED) is 0.855. The van der Waals surface area contributed by atoms with Crippen molar-refractivity contribution in [3.63, 3.8) is 0 Å². The lowest BCUT2D eigenvalue weighted by atomic mass is 10.2. The number of methoxy groups -OCH3 is 1. The molecule has 0 aromatic heterocycles. The second kappa shape index (κ2) is 5.08. The van der Waals surface area contributed by atoms with Gasteiger partial charge in [-0.2, -0.15) is 0 Å². The number of nitrogens with zero attached hydrogens (tertiary/aromatic N) is 1. The average Bonchev–Trinajstić information content (AvgIpc) is 3.14. The topological polar surface area (TPSA) is 29.5 Å². The number of hydrogen-bond donors (Lipinski definition) is 0. The van der Waals surface area contributed by atoms with Crippen LogP contribution in [0.1, 0.15) is 30.1 Å². The molecular weight excluding hydrogens is 282 g/mol. The van der Waals surface area contributed by atoms with E-state index in [1.165, 1.54) is 0 Å². The highest BCUT2D eigenvalue weighted by Crippen LogP contribution is 2.30. The SMILES string of the molecule is CCN(C(=O)c1ccc(OC)c(Br)c1)C1CC1. The fraction of sp³-hybridized carbons (Fsp3) is 0.462. The first-order chi connectivity index (χ1) is 8.17. The zero-order valence-electron chi connectivity index (χ0n) is 10.1. The maximum atomic E-state index is 12.3. The molecule has 0 heterocycles. The largest absolute Gasteiger partial charge is 0.496 e. The van der Waals surface area contributed by atoms with Crippen molar-refractivity contribution in [2.45, 2.75) is 25.8 Å². The average molecular weight is 298 g/mol. The van der Waals surface area contributed by atoms with Crippen LogP contribution in [-0.2, 0) is 0 Å². The normalized spacial score (nSPS) is 14.5. The van der Waals surface area contributed by atoms with Gasteiger partial charge in [-0.05, 0) is 53.9 Å². The predicted molar refractivity (Wildman–Crippen MR) is 70.4 cm³/mol. The molecule has 0 N–H and O–H groups in total. The van der Waals surface area contributed by atoms with Crippen molar-refractivity contribution >= 4 is 21.8 Å². The maximum absolute atomic E-state index is 12.3. The van der Waals surface area contributed by atoms with Crippen molar-refractivity contribution in [3.05, 3.63) is 28.2 Å². The first-order valence-corrected chi connectivity index (χ1v) is 6.61. The van der Waals surface area contributed by atoms with Gasteiger partial charge >= 0.3 is 0 Å². The molecule has 0 aliphatic heterocycles. The van der Waals surface area contributed by atoms with Crippen LogP contribution < -0.4 is 4.74 Å². The molecule has 1 aromatic rings. The molecule has 1 aliphatic carbocycles. The first kappa shape index (κ1) is 12.4. The lowest BCUT2D eigenvalue weighted by Gasteiger charge is -2.20.